The second-order valence-electron chi connectivity index (χ2n) is 2.65. The van der Waals surface area contributed by atoms with Gasteiger partial charge in [0.25, 0.3) is 5.91 Å². The summed E-state index contributed by atoms with van der Waals surface area (Å²) in [5, 5.41) is 0. The van der Waals surface area contributed by atoms with Crippen molar-refractivity contribution >= 4 is 23.6 Å². The molecule has 0 aromatic carbocycles. The van der Waals surface area contributed by atoms with Crippen LogP contribution in [0.25, 0.3) is 0 Å². The van der Waals surface area contributed by atoms with Crippen LogP contribution < -0.4 is 10.9 Å². The first-order valence-electron chi connectivity index (χ1n) is 4.23. The van der Waals surface area contributed by atoms with Crippen LogP contribution in [0.3, 0.4) is 0 Å². The Bertz CT molecular complexity index is 342. The normalized spacial score (nSPS) is 9.40. The van der Waals surface area contributed by atoms with E-state index < -0.39 is 5.91 Å². The minimum Gasteiger partial charge on any atom is -0.272 e. The Morgan fingerprint density at radius 1 is 1.40 bits per heavy atom. The van der Waals surface area contributed by atoms with Gasteiger partial charge in [0.05, 0.1) is 5.75 Å². The molecular weight excluding hydrogens is 214 g/mol. The Kier molecular flexibility index (Phi) is 4.62. The van der Waals surface area contributed by atoms with Crippen LogP contribution in [0.1, 0.15) is 10.5 Å². The molecule has 80 valence electrons. The first-order chi connectivity index (χ1) is 7.24. The fourth-order valence-electron chi connectivity index (χ4n) is 0.855. The molecule has 2 amide bonds. The maximum Gasteiger partial charge on any atom is 0.288 e. The number of pyridine rings is 1. The minimum atomic E-state index is -0.426. The van der Waals surface area contributed by atoms with Gasteiger partial charge in [0.2, 0.25) is 5.91 Å². The van der Waals surface area contributed by atoms with Gasteiger partial charge in [-0.3, -0.25) is 25.4 Å². The van der Waals surface area contributed by atoms with Crippen LogP contribution >= 0.6 is 11.8 Å². The Morgan fingerprint density at radius 2 is 2.20 bits per heavy atom. The molecule has 0 bridgehead atoms. The van der Waals surface area contributed by atoms with Gasteiger partial charge in [0, 0.05) is 6.20 Å². The molecule has 0 atom stereocenters. The minimum absolute atomic E-state index is 0.244. The van der Waals surface area contributed by atoms with Gasteiger partial charge in [0.1, 0.15) is 5.69 Å². The third kappa shape index (κ3) is 3.99. The second-order valence-corrected chi connectivity index (χ2v) is 3.52. The van der Waals surface area contributed by atoms with Gasteiger partial charge in [-0.1, -0.05) is 6.07 Å². The number of hydrazine groups is 1. The van der Waals surface area contributed by atoms with E-state index in [2.05, 4.69) is 15.8 Å². The third-order valence-corrected chi connectivity index (χ3v) is 2.04. The lowest BCUT2D eigenvalue weighted by atomic mass is 10.3. The molecule has 1 rings (SSSR count). The first kappa shape index (κ1) is 11.5. The molecule has 0 aliphatic rings. The third-order valence-electron chi connectivity index (χ3n) is 1.49. The van der Waals surface area contributed by atoms with Crippen LogP contribution in [0, 0.1) is 0 Å². The van der Waals surface area contributed by atoms with Crippen LogP contribution in [0.5, 0.6) is 0 Å². The van der Waals surface area contributed by atoms with Crippen molar-refractivity contribution in [3.8, 4) is 0 Å². The highest BCUT2D eigenvalue weighted by atomic mass is 32.2. The van der Waals surface area contributed by atoms with E-state index in [9.17, 15) is 9.59 Å². The summed E-state index contributed by atoms with van der Waals surface area (Å²) >= 11 is 1.38. The molecule has 1 aromatic rings. The van der Waals surface area contributed by atoms with Crippen molar-refractivity contribution in [1.29, 1.82) is 0 Å². The fraction of sp³-hybridized carbons (Fsp3) is 0.222. The number of nitrogens with zero attached hydrogens (tertiary/aromatic N) is 1. The highest BCUT2D eigenvalue weighted by Gasteiger charge is 2.06. The molecule has 0 aliphatic carbocycles. The summed E-state index contributed by atoms with van der Waals surface area (Å²) in [6.45, 7) is 0. The molecule has 0 radical (unpaired) electrons. The second kappa shape index (κ2) is 6.02. The summed E-state index contributed by atoms with van der Waals surface area (Å²) in [6, 6.07) is 4.98. The lowest BCUT2D eigenvalue weighted by Gasteiger charge is -2.05. The zero-order valence-electron chi connectivity index (χ0n) is 8.19. The molecule has 2 N–H and O–H groups in total. The van der Waals surface area contributed by atoms with Crippen molar-refractivity contribution in [3.63, 3.8) is 0 Å². The largest absolute Gasteiger partial charge is 0.288 e. The predicted octanol–water partition coefficient (Wildman–Crippen LogP) is 0.206. The van der Waals surface area contributed by atoms with Crippen molar-refractivity contribution in [3.05, 3.63) is 30.1 Å². The van der Waals surface area contributed by atoms with Crippen molar-refractivity contribution in [2.24, 2.45) is 0 Å². The maximum absolute atomic E-state index is 11.4. The monoisotopic (exact) mass is 225 g/mol. The van der Waals surface area contributed by atoms with Gasteiger partial charge < -0.3 is 0 Å². The summed E-state index contributed by atoms with van der Waals surface area (Å²) < 4.78 is 0. The van der Waals surface area contributed by atoms with E-state index >= 15 is 0 Å². The molecule has 5 nitrogen and oxygen atoms in total. The van der Waals surface area contributed by atoms with E-state index in [1.807, 2.05) is 0 Å². The highest BCUT2D eigenvalue weighted by molar-refractivity contribution is 7.99. The quantitative estimate of drug-likeness (QED) is 0.721. The number of thioether (sulfide) groups is 1. The zero-order chi connectivity index (χ0) is 11.1. The molecular formula is C9H11N3O2S. The van der Waals surface area contributed by atoms with E-state index in [1.165, 1.54) is 18.0 Å². The van der Waals surface area contributed by atoms with E-state index in [-0.39, 0.29) is 11.6 Å². The standard InChI is InChI=1S/C9H11N3O2S/c1-15-6-8(13)11-12-9(14)7-4-2-3-5-10-7/h2-5H,6H2,1H3,(H,11,13)(H,12,14). The number of amides is 2. The van der Waals surface area contributed by atoms with E-state index in [4.69, 9.17) is 0 Å². The number of aromatic nitrogens is 1. The van der Waals surface area contributed by atoms with Gasteiger partial charge in [-0.25, -0.2) is 0 Å². The van der Waals surface area contributed by atoms with E-state index in [1.54, 1.807) is 24.5 Å². The molecule has 0 aliphatic heterocycles. The molecule has 15 heavy (non-hydrogen) atoms. The average Bonchev–Trinajstić information content (AvgIpc) is 2.27. The van der Waals surface area contributed by atoms with Crippen LogP contribution in [-0.4, -0.2) is 28.8 Å². The number of nitrogens with one attached hydrogen (secondary N) is 2. The Hall–Kier alpha value is -1.56. The highest BCUT2D eigenvalue weighted by Crippen LogP contribution is 1.92. The van der Waals surface area contributed by atoms with Crippen molar-refractivity contribution in [2.75, 3.05) is 12.0 Å². The number of carbonyl (C=O) groups is 2. The van der Waals surface area contributed by atoms with Crippen molar-refractivity contribution in [1.82, 2.24) is 15.8 Å². The van der Waals surface area contributed by atoms with Gasteiger partial charge in [-0.05, 0) is 18.4 Å². The van der Waals surface area contributed by atoms with Crippen LogP contribution in [0.4, 0.5) is 0 Å². The first-order valence-corrected chi connectivity index (χ1v) is 5.62. The molecule has 1 heterocycles. The Labute approximate surface area is 91.6 Å². The summed E-state index contributed by atoms with van der Waals surface area (Å²) in [7, 11) is 0. The molecule has 0 saturated heterocycles. The number of hydrogen-bond acceptors (Lipinski definition) is 4. The van der Waals surface area contributed by atoms with Crippen LogP contribution in [0.2, 0.25) is 0 Å². The van der Waals surface area contributed by atoms with Crippen LogP contribution in [-0.2, 0) is 4.79 Å². The van der Waals surface area contributed by atoms with Crippen molar-refractivity contribution < 1.29 is 9.59 Å². The fourth-order valence-corrected chi connectivity index (χ4v) is 1.19. The molecule has 0 saturated carbocycles. The molecule has 6 heteroatoms. The lowest BCUT2D eigenvalue weighted by Crippen LogP contribution is -2.42. The maximum atomic E-state index is 11.4. The topological polar surface area (TPSA) is 71.1 Å². The van der Waals surface area contributed by atoms with E-state index in [0.717, 1.165) is 0 Å². The smallest absolute Gasteiger partial charge is 0.272 e. The summed E-state index contributed by atoms with van der Waals surface area (Å²) in [6.07, 6.45) is 3.32. The molecule has 1 aromatic heterocycles. The average molecular weight is 225 g/mol. The SMILES string of the molecule is CSCC(=O)NNC(=O)c1ccccn1. The summed E-state index contributed by atoms with van der Waals surface area (Å²) in [5.41, 5.74) is 4.82. The van der Waals surface area contributed by atoms with E-state index in [0.29, 0.717) is 5.75 Å². The molecule has 0 unspecified atom stereocenters. The lowest BCUT2D eigenvalue weighted by molar-refractivity contribution is -0.119. The Balaban J connectivity index is 2.40. The van der Waals surface area contributed by atoms with Crippen LogP contribution in [0.15, 0.2) is 24.4 Å². The molecule has 0 spiro atoms. The van der Waals surface area contributed by atoms with Gasteiger partial charge >= 0.3 is 0 Å². The number of rotatable bonds is 3. The number of carbonyl (C=O) groups excluding carboxylic acids is 2. The Morgan fingerprint density at radius 3 is 2.80 bits per heavy atom. The number of hydrogen-bond donors (Lipinski definition) is 2. The predicted molar refractivity (Wildman–Crippen MR) is 58.2 cm³/mol. The van der Waals surface area contributed by atoms with Gasteiger partial charge in [-0.15, -0.1) is 0 Å². The van der Waals surface area contributed by atoms with Gasteiger partial charge in [0.15, 0.2) is 0 Å². The summed E-state index contributed by atoms with van der Waals surface area (Å²) in [4.78, 5) is 26.2. The van der Waals surface area contributed by atoms with Gasteiger partial charge in [-0.2, -0.15) is 11.8 Å². The summed E-state index contributed by atoms with van der Waals surface area (Å²) in [5.74, 6) is -0.362. The van der Waals surface area contributed by atoms with Crippen molar-refractivity contribution in [2.45, 2.75) is 0 Å². The zero-order valence-corrected chi connectivity index (χ0v) is 9.00. The molecule has 0 fully saturated rings.